The third-order valence-corrected chi connectivity index (χ3v) is 5.00. The van der Waals surface area contributed by atoms with Crippen LogP contribution in [0.25, 0.3) is 10.1 Å². The van der Waals surface area contributed by atoms with E-state index in [2.05, 4.69) is 37.4 Å². The predicted octanol–water partition coefficient (Wildman–Crippen LogP) is 4.53. The maximum absolute atomic E-state index is 5.35. The van der Waals surface area contributed by atoms with Crippen molar-refractivity contribution in [3.8, 4) is 5.75 Å². The van der Waals surface area contributed by atoms with E-state index >= 15 is 0 Å². The minimum Gasteiger partial charge on any atom is -0.497 e. The van der Waals surface area contributed by atoms with Crippen LogP contribution < -0.4 is 10.1 Å². The standard InChI is InChI=1S/C17H23NOS/c1-11(2)9-18-10-16-17(12-4-5-12)14-7-6-13(19-3)8-15(14)20-16/h6-8,11-12,18H,4-5,9-10H2,1-3H3. The van der Waals surface area contributed by atoms with Crippen LogP contribution in [0.5, 0.6) is 5.75 Å². The number of thiophene rings is 1. The van der Waals surface area contributed by atoms with Crippen molar-refractivity contribution >= 4 is 21.4 Å². The Hall–Kier alpha value is -1.06. The van der Waals surface area contributed by atoms with Crippen molar-refractivity contribution in [2.75, 3.05) is 13.7 Å². The molecule has 3 heteroatoms. The minimum atomic E-state index is 0.703. The summed E-state index contributed by atoms with van der Waals surface area (Å²) < 4.78 is 6.72. The molecule has 0 saturated heterocycles. The second-order valence-corrected chi connectivity index (χ2v) is 7.24. The van der Waals surface area contributed by atoms with Crippen molar-refractivity contribution in [3.05, 3.63) is 28.6 Å². The average molecular weight is 289 g/mol. The summed E-state index contributed by atoms with van der Waals surface area (Å²) in [5.74, 6) is 2.46. The molecule has 3 rings (SSSR count). The first-order valence-corrected chi connectivity index (χ1v) is 8.30. The molecule has 1 aliphatic carbocycles. The van der Waals surface area contributed by atoms with Crippen LogP contribution in [-0.4, -0.2) is 13.7 Å². The second-order valence-electron chi connectivity index (χ2n) is 6.10. The van der Waals surface area contributed by atoms with Gasteiger partial charge in [-0.2, -0.15) is 0 Å². The fourth-order valence-corrected chi connectivity index (χ4v) is 3.99. The molecule has 0 atom stereocenters. The van der Waals surface area contributed by atoms with Gasteiger partial charge in [0.2, 0.25) is 0 Å². The topological polar surface area (TPSA) is 21.3 Å². The van der Waals surface area contributed by atoms with Gasteiger partial charge in [0.25, 0.3) is 0 Å². The molecule has 0 amide bonds. The fourth-order valence-electron chi connectivity index (χ4n) is 2.70. The lowest BCUT2D eigenvalue weighted by molar-refractivity contribution is 0.415. The zero-order valence-electron chi connectivity index (χ0n) is 12.5. The maximum Gasteiger partial charge on any atom is 0.120 e. The molecule has 108 valence electrons. The van der Waals surface area contributed by atoms with E-state index in [4.69, 9.17) is 4.74 Å². The van der Waals surface area contributed by atoms with E-state index in [1.54, 1.807) is 12.7 Å². The molecule has 2 nitrogen and oxygen atoms in total. The van der Waals surface area contributed by atoms with Gasteiger partial charge in [-0.3, -0.25) is 0 Å². The van der Waals surface area contributed by atoms with Crippen LogP contribution in [0.1, 0.15) is 43.0 Å². The number of methoxy groups -OCH3 is 1. The van der Waals surface area contributed by atoms with E-state index in [0.29, 0.717) is 5.92 Å². The first kappa shape index (κ1) is 13.9. The summed E-state index contributed by atoms with van der Waals surface area (Å²) in [6.45, 7) is 6.60. The van der Waals surface area contributed by atoms with Crippen molar-refractivity contribution < 1.29 is 4.74 Å². The Balaban J connectivity index is 1.91. The van der Waals surface area contributed by atoms with Gasteiger partial charge < -0.3 is 10.1 Å². The highest BCUT2D eigenvalue weighted by Gasteiger charge is 2.29. The monoisotopic (exact) mass is 289 g/mol. The first-order chi connectivity index (χ1) is 9.69. The van der Waals surface area contributed by atoms with Crippen molar-refractivity contribution in [1.29, 1.82) is 0 Å². The van der Waals surface area contributed by atoms with E-state index in [-0.39, 0.29) is 0 Å². The van der Waals surface area contributed by atoms with Crippen LogP contribution in [0.4, 0.5) is 0 Å². The zero-order chi connectivity index (χ0) is 14.1. The van der Waals surface area contributed by atoms with Gasteiger partial charge in [0, 0.05) is 16.1 Å². The molecule has 1 aromatic carbocycles. The molecule has 0 radical (unpaired) electrons. The van der Waals surface area contributed by atoms with Crippen LogP contribution >= 0.6 is 11.3 Å². The first-order valence-electron chi connectivity index (χ1n) is 7.49. The van der Waals surface area contributed by atoms with E-state index in [9.17, 15) is 0 Å². The minimum absolute atomic E-state index is 0.703. The van der Waals surface area contributed by atoms with Gasteiger partial charge in [0.1, 0.15) is 5.75 Å². The van der Waals surface area contributed by atoms with Crippen molar-refractivity contribution in [3.63, 3.8) is 0 Å². The van der Waals surface area contributed by atoms with Gasteiger partial charge in [0.05, 0.1) is 7.11 Å². The summed E-state index contributed by atoms with van der Waals surface area (Å²) in [5.41, 5.74) is 1.60. The van der Waals surface area contributed by atoms with Crippen molar-refractivity contribution in [1.82, 2.24) is 5.32 Å². The molecular formula is C17H23NOS. The summed E-state index contributed by atoms with van der Waals surface area (Å²) >= 11 is 1.93. The molecule has 1 N–H and O–H groups in total. The fraction of sp³-hybridized carbons (Fsp3) is 0.529. The Labute approximate surface area is 125 Å². The van der Waals surface area contributed by atoms with Gasteiger partial charge in [-0.05, 0) is 60.4 Å². The highest BCUT2D eigenvalue weighted by Crippen LogP contribution is 2.48. The van der Waals surface area contributed by atoms with Gasteiger partial charge in [-0.25, -0.2) is 0 Å². The molecule has 1 saturated carbocycles. The van der Waals surface area contributed by atoms with Crippen LogP contribution in [0.15, 0.2) is 18.2 Å². The van der Waals surface area contributed by atoms with Gasteiger partial charge in [-0.15, -0.1) is 11.3 Å². The lowest BCUT2D eigenvalue weighted by Gasteiger charge is -2.08. The molecule has 1 aliphatic rings. The Morgan fingerprint density at radius 2 is 2.15 bits per heavy atom. The number of ether oxygens (including phenoxy) is 1. The molecule has 0 aliphatic heterocycles. The zero-order valence-corrected chi connectivity index (χ0v) is 13.3. The SMILES string of the molecule is COc1ccc2c(C3CC3)c(CNCC(C)C)sc2c1. The normalized spacial score (nSPS) is 15.2. The van der Waals surface area contributed by atoms with Crippen molar-refractivity contribution in [2.45, 2.75) is 39.2 Å². The molecule has 1 aromatic heterocycles. The smallest absolute Gasteiger partial charge is 0.120 e. The molecule has 2 aromatic rings. The molecule has 0 bridgehead atoms. The molecule has 0 spiro atoms. The quantitative estimate of drug-likeness (QED) is 0.843. The number of nitrogens with one attached hydrogen (secondary N) is 1. The Morgan fingerprint density at radius 1 is 1.35 bits per heavy atom. The lowest BCUT2D eigenvalue weighted by Crippen LogP contribution is -2.18. The van der Waals surface area contributed by atoms with E-state index < -0.39 is 0 Å². The van der Waals surface area contributed by atoms with Crippen LogP contribution in [-0.2, 0) is 6.54 Å². The van der Waals surface area contributed by atoms with E-state index in [0.717, 1.165) is 24.8 Å². The van der Waals surface area contributed by atoms with Crippen LogP contribution in [0.2, 0.25) is 0 Å². The predicted molar refractivity (Wildman–Crippen MR) is 86.9 cm³/mol. The highest BCUT2D eigenvalue weighted by molar-refractivity contribution is 7.19. The molecule has 20 heavy (non-hydrogen) atoms. The number of hydrogen-bond acceptors (Lipinski definition) is 3. The number of hydrogen-bond donors (Lipinski definition) is 1. The number of rotatable bonds is 6. The Bertz CT molecular complexity index is 598. The van der Waals surface area contributed by atoms with Gasteiger partial charge in [-0.1, -0.05) is 13.8 Å². The van der Waals surface area contributed by atoms with Crippen LogP contribution in [0.3, 0.4) is 0 Å². The summed E-state index contributed by atoms with van der Waals surface area (Å²) in [5, 5.41) is 5.04. The Morgan fingerprint density at radius 3 is 2.80 bits per heavy atom. The number of fused-ring (bicyclic) bond motifs is 1. The number of benzene rings is 1. The van der Waals surface area contributed by atoms with E-state index in [1.165, 1.54) is 27.8 Å². The molecule has 1 fully saturated rings. The largest absolute Gasteiger partial charge is 0.497 e. The molecule has 1 heterocycles. The third-order valence-electron chi connectivity index (χ3n) is 3.84. The lowest BCUT2D eigenvalue weighted by atomic mass is 10.1. The summed E-state index contributed by atoms with van der Waals surface area (Å²) in [7, 11) is 1.74. The Kier molecular flexibility index (Phi) is 3.99. The van der Waals surface area contributed by atoms with Crippen LogP contribution in [0, 0.1) is 5.92 Å². The van der Waals surface area contributed by atoms with Gasteiger partial charge in [0.15, 0.2) is 0 Å². The summed E-state index contributed by atoms with van der Waals surface area (Å²) in [4.78, 5) is 1.52. The summed E-state index contributed by atoms with van der Waals surface area (Å²) in [6, 6.07) is 6.51. The van der Waals surface area contributed by atoms with E-state index in [1.807, 2.05) is 11.3 Å². The highest BCUT2D eigenvalue weighted by atomic mass is 32.1. The second kappa shape index (κ2) is 5.74. The maximum atomic E-state index is 5.35. The molecular weight excluding hydrogens is 266 g/mol. The van der Waals surface area contributed by atoms with Crippen molar-refractivity contribution in [2.24, 2.45) is 5.92 Å². The van der Waals surface area contributed by atoms with Gasteiger partial charge >= 0.3 is 0 Å². The average Bonchev–Trinajstić information content (AvgIpc) is 3.19. The molecule has 0 unspecified atom stereocenters. The third kappa shape index (κ3) is 2.84. The summed E-state index contributed by atoms with van der Waals surface area (Å²) in [6.07, 6.45) is 2.71.